The van der Waals surface area contributed by atoms with Crippen LogP contribution in [-0.4, -0.2) is 16.9 Å². The zero-order valence-corrected chi connectivity index (χ0v) is 20.3. The molecule has 0 aliphatic heterocycles. The van der Waals surface area contributed by atoms with Crippen molar-refractivity contribution in [1.82, 2.24) is 0 Å². The average Bonchev–Trinajstić information content (AvgIpc) is 3.24. The lowest BCUT2D eigenvalue weighted by Crippen LogP contribution is -2.54. The second kappa shape index (κ2) is 9.44. The van der Waals surface area contributed by atoms with Gasteiger partial charge in [-0.2, -0.15) is 5.26 Å². The van der Waals surface area contributed by atoms with E-state index in [1.54, 1.807) is 24.3 Å². The van der Waals surface area contributed by atoms with Crippen LogP contribution in [0.2, 0.25) is 0 Å². The molecule has 0 saturated heterocycles. The van der Waals surface area contributed by atoms with Crippen LogP contribution >= 0.6 is 15.9 Å². The van der Waals surface area contributed by atoms with Crippen molar-refractivity contribution in [2.45, 2.75) is 38.2 Å². The molecule has 0 spiro atoms. The van der Waals surface area contributed by atoms with E-state index in [1.165, 1.54) is 6.07 Å². The summed E-state index contributed by atoms with van der Waals surface area (Å²) >= 11 is 3.33. The van der Waals surface area contributed by atoms with Gasteiger partial charge >= 0.3 is 5.97 Å². The number of nitriles is 1. The first kappa shape index (κ1) is 23.7. The van der Waals surface area contributed by atoms with Crippen LogP contribution in [0.15, 0.2) is 77.3 Å². The summed E-state index contributed by atoms with van der Waals surface area (Å²) in [7, 11) is 0. The Balaban J connectivity index is 1.93. The molecule has 0 aromatic heterocycles. The van der Waals surface area contributed by atoms with Crippen molar-refractivity contribution in [3.63, 3.8) is 0 Å². The van der Waals surface area contributed by atoms with Crippen LogP contribution in [0.3, 0.4) is 0 Å². The third-order valence-corrected chi connectivity index (χ3v) is 7.30. The maximum absolute atomic E-state index is 13.9. The molecule has 1 saturated carbocycles. The Morgan fingerprint density at radius 2 is 1.79 bits per heavy atom. The number of phenolic OH excluding ortho intramolecular Hbond substituents is 1. The van der Waals surface area contributed by atoms with Gasteiger partial charge in [0.15, 0.2) is 11.2 Å². The van der Waals surface area contributed by atoms with E-state index in [2.05, 4.69) is 22.0 Å². The number of halogens is 1. The van der Waals surface area contributed by atoms with Gasteiger partial charge in [0, 0.05) is 6.42 Å². The maximum atomic E-state index is 13.9. The molecule has 5 nitrogen and oxygen atoms in total. The van der Waals surface area contributed by atoms with Crippen molar-refractivity contribution < 1.29 is 19.4 Å². The molecule has 1 aliphatic carbocycles. The standard InChI is InChI=1S/C28H24BrNO4/c1-19-9-11-21(12-10-19)28(18-30,22-13-14-24(31)23(29)16-22)27(15-5-8-25(27)32)26(33)34-17-20-6-3-2-4-7-20/h2-4,6-7,9-14,16,31H,5,8,15,17H2,1H3/t27-,28?/m1/s1. The molecule has 0 amide bonds. The van der Waals surface area contributed by atoms with Gasteiger partial charge in [0.05, 0.1) is 10.5 Å². The Labute approximate surface area is 207 Å². The number of esters is 1. The molecule has 3 aromatic carbocycles. The quantitative estimate of drug-likeness (QED) is 0.332. The number of Topliss-reactive ketones (excluding diaryl/α,β-unsaturated/α-hetero) is 1. The Bertz CT molecular complexity index is 1270. The Kier molecular flexibility index (Phi) is 6.58. The average molecular weight is 518 g/mol. The predicted octanol–water partition coefficient (Wildman–Crippen LogP) is 5.76. The third-order valence-electron chi connectivity index (χ3n) is 6.67. The number of hydrogen-bond acceptors (Lipinski definition) is 5. The summed E-state index contributed by atoms with van der Waals surface area (Å²) in [6.45, 7) is 1.93. The number of ether oxygens (including phenoxy) is 1. The zero-order valence-electron chi connectivity index (χ0n) is 18.8. The van der Waals surface area contributed by atoms with Gasteiger partial charge in [-0.15, -0.1) is 0 Å². The summed E-state index contributed by atoms with van der Waals surface area (Å²) in [6.07, 6.45) is 0.863. The summed E-state index contributed by atoms with van der Waals surface area (Å²) in [5.74, 6) is -1.01. The predicted molar refractivity (Wildman–Crippen MR) is 131 cm³/mol. The van der Waals surface area contributed by atoms with E-state index in [4.69, 9.17) is 4.74 Å². The summed E-state index contributed by atoms with van der Waals surface area (Å²) in [6, 6.07) is 23.6. The minimum absolute atomic E-state index is 0.00190. The fourth-order valence-corrected chi connectivity index (χ4v) is 5.29. The molecule has 1 fully saturated rings. The van der Waals surface area contributed by atoms with E-state index < -0.39 is 16.8 Å². The minimum atomic E-state index is -1.72. The Hall–Kier alpha value is -3.43. The zero-order chi connectivity index (χ0) is 24.3. The largest absolute Gasteiger partial charge is 0.507 e. The van der Waals surface area contributed by atoms with E-state index in [-0.39, 0.29) is 31.0 Å². The number of benzene rings is 3. The molecule has 1 unspecified atom stereocenters. The fraction of sp³-hybridized carbons (Fsp3) is 0.250. The molecule has 0 heterocycles. The van der Waals surface area contributed by atoms with Crippen LogP contribution in [0.5, 0.6) is 5.75 Å². The molecule has 172 valence electrons. The highest BCUT2D eigenvalue weighted by molar-refractivity contribution is 9.10. The van der Waals surface area contributed by atoms with Crippen LogP contribution in [0.1, 0.15) is 41.5 Å². The fourth-order valence-electron chi connectivity index (χ4n) is 4.91. The molecule has 6 heteroatoms. The Morgan fingerprint density at radius 3 is 2.38 bits per heavy atom. The van der Waals surface area contributed by atoms with Gasteiger partial charge in [0.2, 0.25) is 0 Å². The molecule has 34 heavy (non-hydrogen) atoms. The van der Waals surface area contributed by atoms with Crippen molar-refractivity contribution in [1.29, 1.82) is 5.26 Å². The van der Waals surface area contributed by atoms with Crippen LogP contribution in [0.4, 0.5) is 0 Å². The normalized spacial score (nSPS) is 19.3. The van der Waals surface area contributed by atoms with E-state index >= 15 is 0 Å². The molecule has 0 radical (unpaired) electrons. The van der Waals surface area contributed by atoms with E-state index in [9.17, 15) is 20.0 Å². The second-order valence-corrected chi connectivity index (χ2v) is 9.49. The van der Waals surface area contributed by atoms with Gasteiger partial charge in [-0.3, -0.25) is 9.59 Å². The third kappa shape index (κ3) is 3.80. The van der Waals surface area contributed by atoms with Crippen molar-refractivity contribution in [3.8, 4) is 11.8 Å². The SMILES string of the molecule is Cc1ccc(C(C#N)(c2ccc(O)c(Br)c2)[C@]2(C(=O)OCc3ccccc3)CCCC2=O)cc1. The first-order valence-electron chi connectivity index (χ1n) is 11.1. The van der Waals surface area contributed by atoms with E-state index in [0.29, 0.717) is 22.0 Å². The molecular weight excluding hydrogens is 494 g/mol. The number of nitrogens with zero attached hydrogens (tertiary/aromatic N) is 1. The van der Waals surface area contributed by atoms with Crippen molar-refractivity contribution in [2.24, 2.45) is 5.41 Å². The molecular formula is C28H24BrNO4. The number of carbonyl (C=O) groups excluding carboxylic acids is 2. The highest BCUT2D eigenvalue weighted by Crippen LogP contribution is 2.55. The molecule has 1 N–H and O–H groups in total. The van der Waals surface area contributed by atoms with Gasteiger partial charge in [0.25, 0.3) is 0 Å². The van der Waals surface area contributed by atoms with E-state index in [0.717, 1.165) is 11.1 Å². The lowest BCUT2D eigenvalue weighted by atomic mass is 9.56. The minimum Gasteiger partial charge on any atom is -0.507 e. The van der Waals surface area contributed by atoms with Gasteiger partial charge in [-0.25, -0.2) is 0 Å². The van der Waals surface area contributed by atoms with Gasteiger partial charge in [-0.05, 0) is 64.5 Å². The highest BCUT2D eigenvalue weighted by atomic mass is 79.9. The highest BCUT2D eigenvalue weighted by Gasteiger charge is 2.66. The summed E-state index contributed by atoms with van der Waals surface area (Å²) in [5.41, 5.74) is -0.608. The first-order valence-corrected chi connectivity index (χ1v) is 11.9. The molecule has 2 atom stereocenters. The van der Waals surface area contributed by atoms with Crippen LogP contribution in [0.25, 0.3) is 0 Å². The maximum Gasteiger partial charge on any atom is 0.322 e. The number of phenols is 1. The monoisotopic (exact) mass is 517 g/mol. The summed E-state index contributed by atoms with van der Waals surface area (Å²) in [4.78, 5) is 27.5. The van der Waals surface area contributed by atoms with Gasteiger partial charge < -0.3 is 9.84 Å². The molecule has 1 aliphatic rings. The second-order valence-electron chi connectivity index (χ2n) is 8.64. The lowest BCUT2D eigenvalue weighted by Gasteiger charge is -2.41. The molecule has 4 rings (SSSR count). The van der Waals surface area contributed by atoms with Gasteiger partial charge in [-0.1, -0.05) is 66.2 Å². The lowest BCUT2D eigenvalue weighted by molar-refractivity contribution is -0.163. The number of aromatic hydroxyl groups is 1. The number of carbonyl (C=O) groups is 2. The molecule has 3 aromatic rings. The number of ketones is 1. The number of aryl methyl sites for hydroxylation is 1. The van der Waals surface area contributed by atoms with Crippen LogP contribution in [0, 0.1) is 23.7 Å². The Morgan fingerprint density at radius 1 is 1.12 bits per heavy atom. The van der Waals surface area contributed by atoms with Crippen molar-refractivity contribution in [2.75, 3.05) is 0 Å². The number of hydrogen-bond donors (Lipinski definition) is 1. The summed E-state index contributed by atoms with van der Waals surface area (Å²) in [5, 5.41) is 20.9. The van der Waals surface area contributed by atoms with Gasteiger partial charge in [0.1, 0.15) is 17.8 Å². The smallest absolute Gasteiger partial charge is 0.322 e. The first-order chi connectivity index (χ1) is 16.3. The van der Waals surface area contributed by atoms with Crippen molar-refractivity contribution >= 4 is 27.7 Å². The van der Waals surface area contributed by atoms with E-state index in [1.807, 2.05) is 49.4 Å². The van der Waals surface area contributed by atoms with Crippen LogP contribution in [-0.2, 0) is 26.3 Å². The number of rotatable bonds is 6. The van der Waals surface area contributed by atoms with Crippen LogP contribution < -0.4 is 0 Å². The topological polar surface area (TPSA) is 87.4 Å². The molecule has 0 bridgehead atoms. The van der Waals surface area contributed by atoms with Crippen molar-refractivity contribution in [3.05, 3.63) is 99.5 Å². The summed E-state index contributed by atoms with van der Waals surface area (Å²) < 4.78 is 6.11.